The van der Waals surface area contributed by atoms with E-state index in [-0.39, 0.29) is 5.91 Å². The van der Waals surface area contributed by atoms with Gasteiger partial charge in [0.1, 0.15) is 0 Å². The zero-order chi connectivity index (χ0) is 15.7. The highest BCUT2D eigenvalue weighted by Crippen LogP contribution is 2.16. The van der Waals surface area contributed by atoms with Crippen LogP contribution in [-0.4, -0.2) is 43.1 Å². The molecule has 3 aromatic rings. The zero-order valence-electron chi connectivity index (χ0n) is 12.6. The molecule has 0 aliphatic rings. The van der Waals surface area contributed by atoms with Crippen molar-refractivity contribution in [1.29, 1.82) is 0 Å². The van der Waals surface area contributed by atoms with E-state index >= 15 is 0 Å². The third-order valence-corrected chi connectivity index (χ3v) is 3.35. The summed E-state index contributed by atoms with van der Waals surface area (Å²) in [6, 6.07) is 5.27. The second kappa shape index (κ2) is 5.55. The van der Waals surface area contributed by atoms with Gasteiger partial charge in [-0.25, -0.2) is 0 Å². The molecule has 1 amide bonds. The van der Waals surface area contributed by atoms with E-state index < -0.39 is 0 Å². The van der Waals surface area contributed by atoms with Gasteiger partial charge in [0.15, 0.2) is 11.4 Å². The van der Waals surface area contributed by atoms with Gasteiger partial charge < -0.3 is 9.42 Å². The fourth-order valence-corrected chi connectivity index (χ4v) is 2.07. The first-order valence-corrected chi connectivity index (χ1v) is 6.93. The Labute approximate surface area is 126 Å². The van der Waals surface area contributed by atoms with Crippen molar-refractivity contribution in [2.24, 2.45) is 0 Å². The van der Waals surface area contributed by atoms with Crippen molar-refractivity contribution in [2.75, 3.05) is 7.05 Å². The average Bonchev–Trinajstić information content (AvgIpc) is 3.14. The van der Waals surface area contributed by atoms with Gasteiger partial charge in [-0.15, -0.1) is 5.10 Å². The number of carbonyl (C=O) groups excluding carboxylic acids is 1. The SMILES string of the molecule is CC(C)c1cc(CN(C)C(=O)c2ccc3nnnn3c2)on1. The molecule has 0 saturated carbocycles. The largest absolute Gasteiger partial charge is 0.359 e. The lowest BCUT2D eigenvalue weighted by Gasteiger charge is -2.15. The molecular weight excluding hydrogens is 284 g/mol. The van der Waals surface area contributed by atoms with Gasteiger partial charge in [0.05, 0.1) is 17.8 Å². The van der Waals surface area contributed by atoms with Crippen molar-refractivity contribution >= 4 is 11.6 Å². The predicted octanol–water partition coefficient (Wildman–Crippen LogP) is 1.51. The van der Waals surface area contributed by atoms with E-state index in [0.29, 0.717) is 29.4 Å². The van der Waals surface area contributed by atoms with Crippen LogP contribution in [0.4, 0.5) is 0 Å². The molecule has 8 heteroatoms. The number of amides is 1. The van der Waals surface area contributed by atoms with E-state index in [4.69, 9.17) is 4.52 Å². The van der Waals surface area contributed by atoms with Crippen molar-refractivity contribution in [1.82, 2.24) is 30.1 Å². The van der Waals surface area contributed by atoms with Crippen LogP contribution < -0.4 is 0 Å². The minimum atomic E-state index is -0.139. The van der Waals surface area contributed by atoms with Crippen molar-refractivity contribution in [2.45, 2.75) is 26.3 Å². The summed E-state index contributed by atoms with van der Waals surface area (Å²) in [5.41, 5.74) is 1.98. The molecule has 3 rings (SSSR count). The third-order valence-electron chi connectivity index (χ3n) is 3.35. The maximum atomic E-state index is 12.4. The fraction of sp³-hybridized carbons (Fsp3) is 0.357. The van der Waals surface area contributed by atoms with Crippen LogP contribution in [0.1, 0.15) is 41.6 Å². The molecule has 8 nitrogen and oxygen atoms in total. The first-order valence-electron chi connectivity index (χ1n) is 6.93. The van der Waals surface area contributed by atoms with Crippen molar-refractivity contribution in [3.05, 3.63) is 41.4 Å². The maximum absolute atomic E-state index is 12.4. The molecule has 3 aromatic heterocycles. The highest BCUT2D eigenvalue weighted by Gasteiger charge is 2.16. The van der Waals surface area contributed by atoms with E-state index in [9.17, 15) is 4.79 Å². The first kappa shape index (κ1) is 14.2. The molecule has 0 atom stereocenters. The lowest BCUT2D eigenvalue weighted by atomic mass is 10.1. The number of rotatable bonds is 4. The summed E-state index contributed by atoms with van der Waals surface area (Å²) in [4.78, 5) is 14.0. The second-order valence-electron chi connectivity index (χ2n) is 5.43. The quantitative estimate of drug-likeness (QED) is 0.725. The minimum absolute atomic E-state index is 0.139. The molecule has 114 valence electrons. The summed E-state index contributed by atoms with van der Waals surface area (Å²) in [5.74, 6) is 0.809. The minimum Gasteiger partial charge on any atom is -0.359 e. The molecule has 22 heavy (non-hydrogen) atoms. The molecule has 0 saturated heterocycles. The number of carbonyl (C=O) groups is 1. The number of pyridine rings is 1. The van der Waals surface area contributed by atoms with Gasteiger partial charge >= 0.3 is 0 Å². The van der Waals surface area contributed by atoms with Crippen molar-refractivity contribution in [3.63, 3.8) is 0 Å². The molecule has 0 bridgehead atoms. The van der Waals surface area contributed by atoms with Crippen LogP contribution in [0.2, 0.25) is 0 Å². The number of hydrogen-bond acceptors (Lipinski definition) is 6. The number of aromatic nitrogens is 5. The summed E-state index contributed by atoms with van der Waals surface area (Å²) in [6.45, 7) is 4.43. The molecule has 0 aromatic carbocycles. The molecule has 0 fully saturated rings. The third kappa shape index (κ3) is 2.67. The molecule has 0 radical (unpaired) electrons. The normalized spacial score (nSPS) is 11.3. The van der Waals surface area contributed by atoms with Crippen molar-refractivity contribution in [3.8, 4) is 0 Å². The molecule has 0 unspecified atom stereocenters. The van der Waals surface area contributed by atoms with Crippen LogP contribution in [0.15, 0.2) is 28.9 Å². The van der Waals surface area contributed by atoms with E-state index in [1.807, 2.05) is 19.9 Å². The van der Waals surface area contributed by atoms with Gasteiger partial charge in [-0.2, -0.15) is 4.52 Å². The monoisotopic (exact) mass is 300 g/mol. The topological polar surface area (TPSA) is 89.4 Å². The molecule has 3 heterocycles. The Morgan fingerprint density at radius 1 is 1.41 bits per heavy atom. The van der Waals surface area contributed by atoms with Gasteiger partial charge in [0.2, 0.25) is 0 Å². The van der Waals surface area contributed by atoms with Crippen LogP contribution in [0.3, 0.4) is 0 Å². The van der Waals surface area contributed by atoms with Gasteiger partial charge in [-0.05, 0) is 28.5 Å². The summed E-state index contributed by atoms with van der Waals surface area (Å²) < 4.78 is 6.72. The fourth-order valence-electron chi connectivity index (χ4n) is 2.07. The Morgan fingerprint density at radius 3 is 2.95 bits per heavy atom. The van der Waals surface area contributed by atoms with E-state index in [1.165, 1.54) is 4.52 Å². The van der Waals surface area contributed by atoms with E-state index in [1.54, 1.807) is 30.3 Å². The Kier molecular flexibility index (Phi) is 3.58. The van der Waals surface area contributed by atoms with Gasteiger partial charge in [0.25, 0.3) is 5.91 Å². The maximum Gasteiger partial charge on any atom is 0.255 e. The van der Waals surface area contributed by atoms with Crippen LogP contribution in [-0.2, 0) is 6.54 Å². The van der Waals surface area contributed by atoms with Crippen LogP contribution in [0, 0.1) is 0 Å². The number of hydrogen-bond donors (Lipinski definition) is 0. The zero-order valence-corrected chi connectivity index (χ0v) is 12.6. The second-order valence-corrected chi connectivity index (χ2v) is 5.43. The van der Waals surface area contributed by atoms with Crippen molar-refractivity contribution < 1.29 is 9.32 Å². The number of nitrogens with zero attached hydrogens (tertiary/aromatic N) is 6. The molecule has 0 spiro atoms. The lowest BCUT2D eigenvalue weighted by molar-refractivity contribution is 0.0771. The van der Waals surface area contributed by atoms with Crippen LogP contribution >= 0.6 is 0 Å². The molecular formula is C14H16N6O2. The highest BCUT2D eigenvalue weighted by atomic mass is 16.5. The number of tetrazole rings is 1. The molecule has 0 aliphatic heterocycles. The summed E-state index contributed by atoms with van der Waals surface area (Å²) >= 11 is 0. The highest BCUT2D eigenvalue weighted by molar-refractivity contribution is 5.93. The van der Waals surface area contributed by atoms with E-state index in [0.717, 1.165) is 5.69 Å². The van der Waals surface area contributed by atoms with Gasteiger partial charge in [-0.3, -0.25) is 4.79 Å². The summed E-state index contributed by atoms with van der Waals surface area (Å²) in [6.07, 6.45) is 1.61. The van der Waals surface area contributed by atoms with Gasteiger partial charge in [0, 0.05) is 19.3 Å². The Hall–Kier alpha value is -2.77. The Balaban J connectivity index is 1.75. The summed E-state index contributed by atoms with van der Waals surface area (Å²) in [7, 11) is 1.71. The molecule has 0 N–H and O–H groups in total. The lowest BCUT2D eigenvalue weighted by Crippen LogP contribution is -2.26. The standard InChI is InChI=1S/C14H16N6O2/c1-9(2)12-6-11(22-16-12)8-19(3)14(21)10-4-5-13-15-17-18-20(13)7-10/h4-7,9H,8H2,1-3H3. The molecule has 0 aliphatic carbocycles. The summed E-state index contributed by atoms with van der Waals surface area (Å²) in [5, 5.41) is 15.1. The van der Waals surface area contributed by atoms with Crippen LogP contribution in [0.25, 0.3) is 5.65 Å². The van der Waals surface area contributed by atoms with E-state index in [2.05, 4.69) is 20.7 Å². The first-order chi connectivity index (χ1) is 10.5. The smallest absolute Gasteiger partial charge is 0.255 e. The number of fused-ring (bicyclic) bond motifs is 1. The Morgan fingerprint density at radius 2 is 2.23 bits per heavy atom. The van der Waals surface area contributed by atoms with Crippen LogP contribution in [0.5, 0.6) is 0 Å². The average molecular weight is 300 g/mol. The predicted molar refractivity (Wildman–Crippen MR) is 77.2 cm³/mol. The van der Waals surface area contributed by atoms with Gasteiger partial charge in [-0.1, -0.05) is 19.0 Å². The Bertz CT molecular complexity index is 806.